The van der Waals surface area contributed by atoms with Crippen LogP contribution >= 0.6 is 0 Å². The smallest absolute Gasteiger partial charge is 0.417 e. The van der Waals surface area contributed by atoms with Crippen LogP contribution in [0.15, 0.2) is 42.5 Å². The van der Waals surface area contributed by atoms with Gasteiger partial charge in [-0.15, -0.1) is 0 Å². The number of halogens is 3. The van der Waals surface area contributed by atoms with Crippen molar-refractivity contribution < 1.29 is 32.7 Å². The lowest BCUT2D eigenvalue weighted by Gasteiger charge is -2.31. The van der Waals surface area contributed by atoms with E-state index >= 15 is 0 Å². The van der Waals surface area contributed by atoms with E-state index in [4.69, 9.17) is 5.26 Å². The van der Waals surface area contributed by atoms with Crippen molar-refractivity contribution in [3.63, 3.8) is 0 Å². The standard InChI is InChI=1S/C21H16F3N3O4/c1-12(28)11-26-19(31)27(15-6-3-13(10-25)17(9-15)21(22,23)24)18(30)20(26,2)14-4-7-16(29)8-5-14/h3-9,29H,11H2,1-2H3. The van der Waals surface area contributed by atoms with E-state index in [1.54, 1.807) is 0 Å². The predicted molar refractivity (Wildman–Crippen MR) is 102 cm³/mol. The highest BCUT2D eigenvalue weighted by Crippen LogP contribution is 2.41. The third kappa shape index (κ3) is 3.59. The van der Waals surface area contributed by atoms with E-state index in [-0.39, 0.29) is 17.0 Å². The van der Waals surface area contributed by atoms with Crippen LogP contribution in [0.5, 0.6) is 5.75 Å². The second-order valence-electron chi connectivity index (χ2n) is 7.17. The van der Waals surface area contributed by atoms with Crippen LogP contribution in [0.4, 0.5) is 23.7 Å². The second kappa shape index (κ2) is 7.43. The Morgan fingerprint density at radius 2 is 1.77 bits per heavy atom. The van der Waals surface area contributed by atoms with E-state index in [9.17, 15) is 32.7 Å². The van der Waals surface area contributed by atoms with E-state index in [2.05, 4.69) is 0 Å². The zero-order valence-electron chi connectivity index (χ0n) is 16.4. The Balaban J connectivity index is 2.18. The number of carbonyl (C=O) groups is 3. The quantitative estimate of drug-likeness (QED) is 0.746. The van der Waals surface area contributed by atoms with E-state index in [1.165, 1.54) is 44.2 Å². The first kappa shape index (κ1) is 21.8. The largest absolute Gasteiger partial charge is 0.508 e. The number of alkyl halides is 3. The number of Topliss-reactive ketones (excluding diaryl/α,β-unsaturated/α-hetero) is 1. The number of benzene rings is 2. The molecule has 0 saturated carbocycles. The number of amides is 3. The van der Waals surface area contributed by atoms with Crippen LogP contribution in [-0.2, 0) is 21.3 Å². The Kier molecular flexibility index (Phi) is 5.23. The van der Waals surface area contributed by atoms with Gasteiger partial charge in [0, 0.05) is 0 Å². The lowest BCUT2D eigenvalue weighted by atomic mass is 9.90. The number of urea groups is 1. The van der Waals surface area contributed by atoms with Crippen LogP contribution in [0.3, 0.4) is 0 Å². The van der Waals surface area contributed by atoms with Crippen molar-refractivity contribution in [2.24, 2.45) is 0 Å². The van der Waals surface area contributed by atoms with Crippen molar-refractivity contribution in [1.82, 2.24) is 4.90 Å². The minimum atomic E-state index is -4.88. The number of phenolic OH excluding ortho intramolecular Hbond substituents is 1. The highest BCUT2D eigenvalue weighted by atomic mass is 19.4. The number of hydrogen-bond donors (Lipinski definition) is 1. The molecule has 1 atom stereocenters. The van der Waals surface area contributed by atoms with Crippen molar-refractivity contribution >= 4 is 23.4 Å². The zero-order valence-corrected chi connectivity index (χ0v) is 16.4. The van der Waals surface area contributed by atoms with E-state index in [0.717, 1.165) is 17.0 Å². The molecule has 2 aromatic rings. The molecule has 0 aromatic heterocycles. The summed E-state index contributed by atoms with van der Waals surface area (Å²) in [4.78, 5) is 39.8. The SMILES string of the molecule is CC(=O)CN1C(=O)N(c2ccc(C#N)c(C(F)(F)F)c2)C(=O)C1(C)c1ccc(O)cc1. The minimum absolute atomic E-state index is 0.0963. The number of nitrogens with zero attached hydrogens (tertiary/aromatic N) is 3. The number of carbonyl (C=O) groups excluding carboxylic acids is 3. The molecule has 0 bridgehead atoms. The van der Waals surface area contributed by atoms with Gasteiger partial charge in [-0.05, 0) is 49.7 Å². The minimum Gasteiger partial charge on any atom is -0.508 e. The Bertz CT molecular complexity index is 1120. The number of rotatable bonds is 4. The Hall–Kier alpha value is -3.87. The van der Waals surface area contributed by atoms with Crippen LogP contribution < -0.4 is 4.90 Å². The van der Waals surface area contributed by atoms with Crippen LogP contribution in [-0.4, -0.2) is 34.3 Å². The lowest BCUT2D eigenvalue weighted by molar-refractivity contribution is -0.137. The summed E-state index contributed by atoms with van der Waals surface area (Å²) in [5, 5.41) is 18.5. The highest BCUT2D eigenvalue weighted by Gasteiger charge is 2.56. The molecule has 31 heavy (non-hydrogen) atoms. The third-order valence-electron chi connectivity index (χ3n) is 5.08. The molecule has 2 aromatic carbocycles. The molecule has 1 saturated heterocycles. The van der Waals surface area contributed by atoms with E-state index in [1.807, 2.05) is 0 Å². The fourth-order valence-corrected chi connectivity index (χ4v) is 3.48. The maximum absolute atomic E-state index is 13.4. The first-order chi connectivity index (χ1) is 14.4. The maximum atomic E-state index is 13.4. The zero-order chi connectivity index (χ0) is 23.1. The van der Waals surface area contributed by atoms with Gasteiger partial charge in [0.2, 0.25) is 0 Å². The summed E-state index contributed by atoms with van der Waals surface area (Å²) >= 11 is 0. The molecule has 3 rings (SSSR count). The molecule has 1 aliphatic rings. The third-order valence-corrected chi connectivity index (χ3v) is 5.08. The molecule has 1 unspecified atom stereocenters. The molecular formula is C21H16F3N3O4. The van der Waals surface area contributed by atoms with Gasteiger partial charge >= 0.3 is 12.2 Å². The van der Waals surface area contributed by atoms with Crippen molar-refractivity contribution in [3.8, 4) is 11.8 Å². The van der Waals surface area contributed by atoms with Crippen LogP contribution in [0.25, 0.3) is 0 Å². The number of anilines is 1. The average Bonchev–Trinajstić information content (AvgIpc) is 2.88. The van der Waals surface area contributed by atoms with E-state index in [0.29, 0.717) is 11.0 Å². The summed E-state index contributed by atoms with van der Waals surface area (Å²) in [6.45, 7) is 2.12. The molecule has 1 N–H and O–H groups in total. The van der Waals surface area contributed by atoms with Crippen molar-refractivity contribution in [2.75, 3.05) is 11.4 Å². The first-order valence-corrected chi connectivity index (χ1v) is 8.97. The van der Waals surface area contributed by atoms with Gasteiger partial charge in [-0.3, -0.25) is 14.5 Å². The molecule has 0 radical (unpaired) electrons. The number of ketones is 1. The van der Waals surface area contributed by atoms with Crippen molar-refractivity contribution in [3.05, 3.63) is 59.2 Å². The second-order valence-corrected chi connectivity index (χ2v) is 7.17. The first-order valence-electron chi connectivity index (χ1n) is 8.97. The number of nitriles is 1. The summed E-state index contributed by atoms with van der Waals surface area (Å²) < 4.78 is 40.1. The Morgan fingerprint density at radius 3 is 2.29 bits per heavy atom. The number of aromatic hydroxyl groups is 1. The summed E-state index contributed by atoms with van der Waals surface area (Å²) in [7, 11) is 0. The lowest BCUT2D eigenvalue weighted by Crippen LogP contribution is -2.46. The van der Waals surface area contributed by atoms with Gasteiger partial charge in [0.1, 0.15) is 17.1 Å². The molecule has 0 spiro atoms. The molecular weight excluding hydrogens is 415 g/mol. The predicted octanol–water partition coefficient (Wildman–Crippen LogP) is 3.56. The monoisotopic (exact) mass is 431 g/mol. The topological polar surface area (TPSA) is 102 Å². The van der Waals surface area contributed by atoms with Gasteiger partial charge in [-0.25, -0.2) is 9.69 Å². The van der Waals surface area contributed by atoms with Crippen LogP contribution in [0.2, 0.25) is 0 Å². The molecule has 7 nitrogen and oxygen atoms in total. The fraction of sp³-hybridized carbons (Fsp3) is 0.238. The van der Waals surface area contributed by atoms with E-state index < -0.39 is 47.1 Å². The molecule has 1 heterocycles. The van der Waals surface area contributed by atoms with Crippen LogP contribution in [0.1, 0.15) is 30.5 Å². The van der Waals surface area contributed by atoms with Gasteiger partial charge in [-0.1, -0.05) is 12.1 Å². The van der Waals surface area contributed by atoms with Gasteiger partial charge in [-0.2, -0.15) is 18.4 Å². The molecule has 3 amide bonds. The molecule has 1 fully saturated rings. The normalized spacial score (nSPS) is 19.0. The maximum Gasteiger partial charge on any atom is 0.417 e. The van der Waals surface area contributed by atoms with Crippen molar-refractivity contribution in [1.29, 1.82) is 5.26 Å². The Morgan fingerprint density at radius 1 is 1.16 bits per heavy atom. The molecule has 0 aliphatic carbocycles. The van der Waals surface area contributed by atoms with Crippen molar-refractivity contribution in [2.45, 2.75) is 25.6 Å². The summed E-state index contributed by atoms with van der Waals surface area (Å²) in [6.07, 6.45) is -4.88. The summed E-state index contributed by atoms with van der Waals surface area (Å²) in [6, 6.07) is 8.31. The van der Waals surface area contributed by atoms with Gasteiger partial charge in [0.25, 0.3) is 5.91 Å². The average molecular weight is 431 g/mol. The van der Waals surface area contributed by atoms with Gasteiger partial charge in [0.05, 0.1) is 29.4 Å². The number of phenols is 1. The summed E-state index contributed by atoms with van der Waals surface area (Å²) in [5.41, 5.74) is -3.76. The molecule has 1 aliphatic heterocycles. The Labute approximate surface area is 174 Å². The fourth-order valence-electron chi connectivity index (χ4n) is 3.48. The number of imide groups is 1. The molecule has 10 heteroatoms. The van der Waals surface area contributed by atoms with Gasteiger partial charge in [0.15, 0.2) is 0 Å². The number of hydrogen-bond acceptors (Lipinski definition) is 5. The summed E-state index contributed by atoms with van der Waals surface area (Å²) in [5.74, 6) is -1.41. The van der Waals surface area contributed by atoms with Crippen LogP contribution in [0, 0.1) is 11.3 Å². The molecule has 160 valence electrons. The highest BCUT2D eigenvalue weighted by molar-refractivity contribution is 6.23. The van der Waals surface area contributed by atoms with Gasteiger partial charge < -0.3 is 5.11 Å².